The predicted molar refractivity (Wildman–Crippen MR) is 113 cm³/mol. The number of nitrogens with one attached hydrogen (secondary N) is 2. The molecular formula is C22H34N4O2. The summed E-state index contributed by atoms with van der Waals surface area (Å²) < 4.78 is 5.71. The molecule has 0 bridgehead atoms. The molecule has 1 saturated heterocycles. The number of ether oxygens (including phenoxy) is 1. The van der Waals surface area contributed by atoms with Gasteiger partial charge in [0.2, 0.25) is 5.91 Å². The Hall–Kier alpha value is -2.24. The van der Waals surface area contributed by atoms with Crippen molar-refractivity contribution in [2.45, 2.75) is 51.0 Å². The average molecular weight is 387 g/mol. The van der Waals surface area contributed by atoms with E-state index < -0.39 is 0 Å². The third-order valence-electron chi connectivity index (χ3n) is 5.64. The minimum atomic E-state index is 0.272. The van der Waals surface area contributed by atoms with Gasteiger partial charge >= 0.3 is 0 Å². The summed E-state index contributed by atoms with van der Waals surface area (Å²) >= 11 is 0. The van der Waals surface area contributed by atoms with Gasteiger partial charge in [-0.15, -0.1) is 0 Å². The number of likely N-dealkylation sites (tertiary alicyclic amines) is 1. The van der Waals surface area contributed by atoms with Crippen molar-refractivity contribution in [1.82, 2.24) is 15.5 Å². The van der Waals surface area contributed by atoms with Gasteiger partial charge in [0, 0.05) is 38.6 Å². The van der Waals surface area contributed by atoms with E-state index in [2.05, 4.69) is 15.6 Å². The van der Waals surface area contributed by atoms with Crippen LogP contribution in [0.4, 0.5) is 0 Å². The molecule has 0 spiro atoms. The Bertz CT molecular complexity index is 629. The van der Waals surface area contributed by atoms with E-state index in [4.69, 9.17) is 4.74 Å². The number of aliphatic imine (C=N–C) groups is 1. The molecule has 0 aromatic heterocycles. The van der Waals surface area contributed by atoms with Crippen molar-refractivity contribution in [2.75, 3.05) is 33.3 Å². The molecule has 28 heavy (non-hydrogen) atoms. The Morgan fingerprint density at radius 2 is 1.96 bits per heavy atom. The average Bonchev–Trinajstić information content (AvgIpc) is 3.42. The first kappa shape index (κ1) is 20.5. The molecule has 1 aromatic carbocycles. The molecule has 1 heterocycles. The lowest BCUT2D eigenvalue weighted by Crippen LogP contribution is -2.45. The fourth-order valence-corrected chi connectivity index (χ4v) is 4.04. The number of unbranched alkanes of at least 4 members (excludes halogenated alkanes) is 1. The van der Waals surface area contributed by atoms with E-state index >= 15 is 0 Å². The number of carbonyl (C=O) groups is 1. The number of nitrogens with zero attached hydrogens (tertiary/aromatic N) is 2. The molecule has 1 amide bonds. The van der Waals surface area contributed by atoms with Gasteiger partial charge in [-0.05, 0) is 44.2 Å². The molecule has 1 saturated carbocycles. The third kappa shape index (κ3) is 6.14. The standard InChI is InChI=1S/C22H34N4O2/c1-23-22(24-14-7-8-16-28-20-11-3-2-4-12-20)25-19-13-15-26(17-19)21(27)18-9-5-6-10-18/h2-4,11-12,18-19H,5-10,13-17H2,1H3,(H2,23,24,25). The van der Waals surface area contributed by atoms with Crippen LogP contribution in [-0.4, -0.2) is 56.1 Å². The van der Waals surface area contributed by atoms with E-state index in [0.29, 0.717) is 5.91 Å². The highest BCUT2D eigenvalue weighted by atomic mass is 16.5. The van der Waals surface area contributed by atoms with Crippen molar-refractivity contribution < 1.29 is 9.53 Å². The Morgan fingerprint density at radius 3 is 2.71 bits per heavy atom. The molecule has 3 rings (SSSR count). The first-order valence-electron chi connectivity index (χ1n) is 10.7. The molecule has 1 aromatic rings. The Balaban J connectivity index is 1.29. The number of amides is 1. The molecule has 1 atom stereocenters. The van der Waals surface area contributed by atoms with Crippen LogP contribution in [0.25, 0.3) is 0 Å². The van der Waals surface area contributed by atoms with Crippen LogP contribution in [0.5, 0.6) is 5.75 Å². The van der Waals surface area contributed by atoms with Crippen molar-refractivity contribution in [3.63, 3.8) is 0 Å². The molecule has 1 aliphatic carbocycles. The van der Waals surface area contributed by atoms with Gasteiger partial charge < -0.3 is 20.3 Å². The molecule has 1 unspecified atom stereocenters. The molecule has 6 heteroatoms. The number of para-hydroxylation sites is 1. The van der Waals surface area contributed by atoms with E-state index in [-0.39, 0.29) is 12.0 Å². The Kier molecular flexibility index (Phi) is 8.00. The summed E-state index contributed by atoms with van der Waals surface area (Å²) in [5.74, 6) is 2.38. The van der Waals surface area contributed by atoms with Gasteiger partial charge in [-0.3, -0.25) is 9.79 Å². The number of guanidine groups is 1. The van der Waals surface area contributed by atoms with Crippen molar-refractivity contribution in [3.8, 4) is 5.75 Å². The van der Waals surface area contributed by atoms with E-state index in [1.54, 1.807) is 7.05 Å². The minimum Gasteiger partial charge on any atom is -0.494 e. The maximum Gasteiger partial charge on any atom is 0.225 e. The second-order valence-electron chi connectivity index (χ2n) is 7.76. The summed E-state index contributed by atoms with van der Waals surface area (Å²) in [5.41, 5.74) is 0. The molecule has 2 fully saturated rings. The molecule has 2 aliphatic rings. The fraction of sp³-hybridized carbons (Fsp3) is 0.636. The van der Waals surface area contributed by atoms with Crippen LogP contribution in [0.15, 0.2) is 35.3 Å². The van der Waals surface area contributed by atoms with Crippen LogP contribution in [0.1, 0.15) is 44.9 Å². The number of benzene rings is 1. The summed E-state index contributed by atoms with van der Waals surface area (Å²) in [4.78, 5) is 18.9. The number of hydrogen-bond donors (Lipinski definition) is 2. The fourth-order valence-electron chi connectivity index (χ4n) is 4.04. The summed E-state index contributed by atoms with van der Waals surface area (Å²) in [7, 11) is 1.80. The zero-order valence-corrected chi connectivity index (χ0v) is 17.0. The summed E-state index contributed by atoms with van der Waals surface area (Å²) in [6.45, 7) is 3.23. The molecule has 154 valence electrons. The number of carbonyl (C=O) groups excluding carboxylic acids is 1. The Labute approximate surface area is 168 Å². The molecular weight excluding hydrogens is 352 g/mol. The van der Waals surface area contributed by atoms with Crippen LogP contribution >= 0.6 is 0 Å². The number of hydrogen-bond acceptors (Lipinski definition) is 3. The van der Waals surface area contributed by atoms with Crippen LogP contribution in [0, 0.1) is 5.92 Å². The topological polar surface area (TPSA) is 66.0 Å². The highest BCUT2D eigenvalue weighted by Gasteiger charge is 2.32. The van der Waals surface area contributed by atoms with Crippen molar-refractivity contribution in [3.05, 3.63) is 30.3 Å². The van der Waals surface area contributed by atoms with Crippen LogP contribution in [0.2, 0.25) is 0 Å². The third-order valence-corrected chi connectivity index (χ3v) is 5.64. The van der Waals surface area contributed by atoms with Crippen LogP contribution < -0.4 is 15.4 Å². The Morgan fingerprint density at radius 1 is 1.18 bits per heavy atom. The van der Waals surface area contributed by atoms with E-state index in [0.717, 1.165) is 70.1 Å². The van der Waals surface area contributed by atoms with E-state index in [1.807, 2.05) is 35.2 Å². The lowest BCUT2D eigenvalue weighted by molar-refractivity contribution is -0.134. The van der Waals surface area contributed by atoms with Crippen molar-refractivity contribution >= 4 is 11.9 Å². The summed E-state index contributed by atoms with van der Waals surface area (Å²) in [6.07, 6.45) is 7.56. The highest BCUT2D eigenvalue weighted by Crippen LogP contribution is 2.27. The minimum absolute atomic E-state index is 0.272. The SMILES string of the molecule is CN=C(NCCCCOc1ccccc1)NC1CCN(C(=O)C2CCCC2)C1. The van der Waals surface area contributed by atoms with E-state index in [1.165, 1.54) is 12.8 Å². The molecule has 2 N–H and O–H groups in total. The van der Waals surface area contributed by atoms with Crippen LogP contribution in [-0.2, 0) is 4.79 Å². The van der Waals surface area contributed by atoms with Crippen molar-refractivity contribution in [2.24, 2.45) is 10.9 Å². The van der Waals surface area contributed by atoms with Gasteiger partial charge in [-0.1, -0.05) is 31.0 Å². The normalized spacial score (nSPS) is 20.4. The molecule has 1 aliphatic heterocycles. The van der Waals surface area contributed by atoms with Crippen molar-refractivity contribution in [1.29, 1.82) is 0 Å². The van der Waals surface area contributed by atoms with Crippen LogP contribution in [0.3, 0.4) is 0 Å². The van der Waals surface area contributed by atoms with E-state index in [9.17, 15) is 4.79 Å². The first-order valence-corrected chi connectivity index (χ1v) is 10.7. The second kappa shape index (κ2) is 10.9. The van der Waals surface area contributed by atoms with Gasteiger partial charge in [0.15, 0.2) is 5.96 Å². The van der Waals surface area contributed by atoms with Gasteiger partial charge in [-0.2, -0.15) is 0 Å². The first-order chi connectivity index (χ1) is 13.8. The maximum absolute atomic E-state index is 12.6. The van der Waals surface area contributed by atoms with Gasteiger partial charge in [0.25, 0.3) is 0 Å². The molecule has 6 nitrogen and oxygen atoms in total. The maximum atomic E-state index is 12.6. The zero-order valence-electron chi connectivity index (χ0n) is 17.0. The second-order valence-corrected chi connectivity index (χ2v) is 7.76. The summed E-state index contributed by atoms with van der Waals surface area (Å²) in [5, 5.41) is 6.85. The lowest BCUT2D eigenvalue weighted by Gasteiger charge is -2.21. The molecule has 0 radical (unpaired) electrons. The monoisotopic (exact) mass is 386 g/mol. The zero-order chi connectivity index (χ0) is 19.6. The lowest BCUT2D eigenvalue weighted by atomic mass is 10.1. The summed E-state index contributed by atoms with van der Waals surface area (Å²) in [6, 6.07) is 10.2. The van der Waals surface area contributed by atoms with Gasteiger partial charge in [-0.25, -0.2) is 0 Å². The van der Waals surface area contributed by atoms with Gasteiger partial charge in [0.1, 0.15) is 5.75 Å². The quantitative estimate of drug-likeness (QED) is 0.410. The van der Waals surface area contributed by atoms with Gasteiger partial charge in [0.05, 0.1) is 6.61 Å². The predicted octanol–water partition coefficient (Wildman–Crippen LogP) is 2.80. The smallest absolute Gasteiger partial charge is 0.225 e. The highest BCUT2D eigenvalue weighted by molar-refractivity contribution is 5.81. The number of rotatable bonds is 8. The largest absolute Gasteiger partial charge is 0.494 e.